The minimum Gasteiger partial charge on any atom is -0.434 e. The highest BCUT2D eigenvalue weighted by Crippen LogP contribution is 2.28. The van der Waals surface area contributed by atoms with Gasteiger partial charge in [-0.15, -0.1) is 24.7 Å². The van der Waals surface area contributed by atoms with Gasteiger partial charge in [0.25, 0.3) is 0 Å². The molecule has 0 atom stereocenters. The molecule has 1 aromatic heterocycles. The highest BCUT2D eigenvalue weighted by molar-refractivity contribution is 5.73. The molecular weight excluding hydrogens is 466 g/mol. The van der Waals surface area contributed by atoms with Gasteiger partial charge in [0.05, 0.1) is 18.9 Å². The van der Waals surface area contributed by atoms with Crippen LogP contribution in [-0.2, 0) is 37.0 Å². The smallest absolute Gasteiger partial charge is 0.434 e. The maximum atomic E-state index is 12.4. The van der Waals surface area contributed by atoms with Crippen LogP contribution in [0.5, 0.6) is 5.75 Å². The van der Waals surface area contributed by atoms with E-state index in [0.29, 0.717) is 48.9 Å². The van der Waals surface area contributed by atoms with Gasteiger partial charge in [-0.05, 0) is 39.5 Å². The molecule has 0 spiro atoms. The highest BCUT2D eigenvalue weighted by Gasteiger charge is 2.20. The van der Waals surface area contributed by atoms with Crippen molar-refractivity contribution >= 4 is 18.3 Å². The van der Waals surface area contributed by atoms with Crippen LogP contribution in [-0.4, -0.2) is 36.5 Å². The standard InChI is InChI=1S/C27H33NO8/c1-5-8-11-12-15-24(29)36-25-21(4)28-18-22(19-34-26(30)32-16-13-9-6-2)23(25)20-35-27(31)33-17-14-10-7-3/h2-3,5,8,18H,9-17,19-20H2,1,4H3/b8-5-. The number of pyridine rings is 1. The lowest BCUT2D eigenvalue weighted by molar-refractivity contribution is -0.134. The summed E-state index contributed by atoms with van der Waals surface area (Å²) in [6.07, 6.45) is 17.3. The molecule has 9 nitrogen and oxygen atoms in total. The van der Waals surface area contributed by atoms with Crippen LogP contribution in [0.25, 0.3) is 0 Å². The summed E-state index contributed by atoms with van der Waals surface area (Å²) in [6.45, 7) is 3.23. The number of carbonyl (C=O) groups is 3. The third-order valence-corrected chi connectivity index (χ3v) is 4.66. The van der Waals surface area contributed by atoms with Gasteiger partial charge >= 0.3 is 18.3 Å². The van der Waals surface area contributed by atoms with Gasteiger partial charge in [0, 0.05) is 36.6 Å². The Bertz CT molecular complexity index is 971. The van der Waals surface area contributed by atoms with Crippen LogP contribution in [0.3, 0.4) is 0 Å². The molecule has 0 amide bonds. The first kappa shape index (κ1) is 30.1. The molecule has 0 saturated carbocycles. The molecule has 0 aliphatic carbocycles. The Hall–Kier alpha value is -3.98. The van der Waals surface area contributed by atoms with E-state index < -0.39 is 18.3 Å². The monoisotopic (exact) mass is 499 g/mol. The van der Waals surface area contributed by atoms with Crippen molar-refractivity contribution in [1.29, 1.82) is 0 Å². The highest BCUT2D eigenvalue weighted by atomic mass is 16.7. The predicted molar refractivity (Wildman–Crippen MR) is 132 cm³/mol. The van der Waals surface area contributed by atoms with Crippen molar-refractivity contribution in [3.8, 4) is 30.4 Å². The van der Waals surface area contributed by atoms with Crippen molar-refractivity contribution < 1.29 is 38.1 Å². The molecular formula is C27H33NO8. The first-order valence-corrected chi connectivity index (χ1v) is 11.7. The number of hydrogen-bond acceptors (Lipinski definition) is 9. The summed E-state index contributed by atoms with van der Waals surface area (Å²) in [7, 11) is 0. The number of aryl methyl sites for hydroxylation is 1. The topological polar surface area (TPSA) is 110 Å². The Kier molecular flexibility index (Phi) is 15.3. The van der Waals surface area contributed by atoms with Crippen molar-refractivity contribution in [3.05, 3.63) is 35.2 Å². The number of terminal acetylenes is 2. The molecule has 0 bridgehead atoms. The van der Waals surface area contributed by atoms with Crippen LogP contribution in [0.2, 0.25) is 0 Å². The maximum absolute atomic E-state index is 12.4. The normalized spacial score (nSPS) is 10.2. The number of nitrogens with zero attached hydrogens (tertiary/aromatic N) is 1. The zero-order valence-electron chi connectivity index (χ0n) is 20.9. The molecule has 1 heterocycles. The van der Waals surface area contributed by atoms with E-state index in [0.717, 1.165) is 6.42 Å². The number of esters is 1. The maximum Gasteiger partial charge on any atom is 0.508 e. The number of rotatable bonds is 15. The first-order chi connectivity index (χ1) is 17.4. The predicted octanol–water partition coefficient (Wildman–Crippen LogP) is 5.18. The minimum absolute atomic E-state index is 0.105. The van der Waals surface area contributed by atoms with Gasteiger partial charge in [-0.3, -0.25) is 9.78 Å². The molecule has 0 aliphatic heterocycles. The Labute approximate surface area is 212 Å². The Morgan fingerprint density at radius 3 is 2.14 bits per heavy atom. The molecule has 0 fully saturated rings. The van der Waals surface area contributed by atoms with Crippen LogP contribution in [0.1, 0.15) is 68.7 Å². The second-order valence-corrected chi connectivity index (χ2v) is 7.50. The lowest BCUT2D eigenvalue weighted by Crippen LogP contribution is -2.16. The zero-order chi connectivity index (χ0) is 26.6. The number of aromatic nitrogens is 1. The number of allylic oxidation sites excluding steroid dienone is 2. The quantitative estimate of drug-likeness (QED) is 0.140. The van der Waals surface area contributed by atoms with Crippen LogP contribution in [0.4, 0.5) is 9.59 Å². The summed E-state index contributed by atoms with van der Waals surface area (Å²) < 4.78 is 25.9. The largest absolute Gasteiger partial charge is 0.508 e. The summed E-state index contributed by atoms with van der Waals surface area (Å²) in [6, 6.07) is 0. The molecule has 0 unspecified atom stereocenters. The molecule has 194 valence electrons. The zero-order valence-corrected chi connectivity index (χ0v) is 20.9. The van der Waals surface area contributed by atoms with Crippen LogP contribution in [0.15, 0.2) is 18.3 Å². The third kappa shape index (κ3) is 12.5. The van der Waals surface area contributed by atoms with E-state index in [1.807, 2.05) is 19.1 Å². The van der Waals surface area contributed by atoms with Gasteiger partial charge in [-0.25, -0.2) is 9.59 Å². The van der Waals surface area contributed by atoms with Crippen molar-refractivity contribution in [1.82, 2.24) is 4.98 Å². The lowest BCUT2D eigenvalue weighted by Gasteiger charge is -2.16. The fourth-order valence-electron chi connectivity index (χ4n) is 2.80. The van der Waals surface area contributed by atoms with Gasteiger partial charge < -0.3 is 23.7 Å². The van der Waals surface area contributed by atoms with E-state index in [9.17, 15) is 14.4 Å². The number of hydrogen-bond donors (Lipinski definition) is 0. The Morgan fingerprint density at radius 2 is 1.56 bits per heavy atom. The van der Waals surface area contributed by atoms with E-state index in [4.69, 9.17) is 36.5 Å². The van der Waals surface area contributed by atoms with E-state index in [1.165, 1.54) is 6.20 Å². The molecule has 1 rings (SSSR count). The average Bonchev–Trinajstić information content (AvgIpc) is 2.86. The summed E-state index contributed by atoms with van der Waals surface area (Å²) in [5.41, 5.74) is 1.10. The molecule has 1 aromatic rings. The van der Waals surface area contributed by atoms with Gasteiger partial charge in [-0.2, -0.15) is 0 Å². The van der Waals surface area contributed by atoms with Crippen LogP contribution >= 0.6 is 0 Å². The van der Waals surface area contributed by atoms with Crippen molar-refractivity contribution in [2.45, 2.75) is 72.0 Å². The second-order valence-electron chi connectivity index (χ2n) is 7.50. The fourth-order valence-corrected chi connectivity index (χ4v) is 2.80. The van der Waals surface area contributed by atoms with E-state index in [-0.39, 0.29) is 38.6 Å². The first-order valence-electron chi connectivity index (χ1n) is 11.7. The molecule has 36 heavy (non-hydrogen) atoms. The minimum atomic E-state index is -0.912. The molecule has 0 radical (unpaired) electrons. The van der Waals surface area contributed by atoms with Gasteiger partial charge in [0.1, 0.15) is 13.2 Å². The average molecular weight is 500 g/mol. The van der Waals surface area contributed by atoms with Crippen LogP contribution in [0, 0.1) is 31.6 Å². The number of unbranched alkanes of at least 4 members (excludes halogenated alkanes) is 3. The Balaban J connectivity index is 2.94. The molecule has 0 N–H and O–H groups in total. The van der Waals surface area contributed by atoms with Gasteiger partial charge in [-0.1, -0.05) is 12.2 Å². The summed E-state index contributed by atoms with van der Waals surface area (Å²) in [4.78, 5) is 40.6. The Morgan fingerprint density at radius 1 is 0.944 bits per heavy atom. The van der Waals surface area contributed by atoms with Crippen molar-refractivity contribution in [2.24, 2.45) is 0 Å². The van der Waals surface area contributed by atoms with Gasteiger partial charge in [0.2, 0.25) is 0 Å². The number of carbonyl (C=O) groups excluding carboxylic acids is 3. The van der Waals surface area contributed by atoms with E-state index in [1.54, 1.807) is 6.92 Å². The van der Waals surface area contributed by atoms with Gasteiger partial charge in [0.15, 0.2) is 5.75 Å². The van der Waals surface area contributed by atoms with Crippen molar-refractivity contribution in [3.63, 3.8) is 0 Å². The number of ether oxygens (including phenoxy) is 5. The molecule has 0 aliphatic rings. The molecule has 0 aromatic carbocycles. The second kappa shape index (κ2) is 18.4. The SMILES string of the molecule is C#CCCCOC(=O)OCc1cnc(C)c(OC(=O)CCC/C=C\C)c1COC(=O)OCCCC#C. The van der Waals surface area contributed by atoms with E-state index in [2.05, 4.69) is 16.8 Å². The summed E-state index contributed by atoms with van der Waals surface area (Å²) in [5.74, 6) is 4.57. The fraction of sp³-hybridized carbons (Fsp3) is 0.481. The molecule has 9 heteroatoms. The summed E-state index contributed by atoms with van der Waals surface area (Å²) >= 11 is 0. The van der Waals surface area contributed by atoms with E-state index >= 15 is 0 Å². The lowest BCUT2D eigenvalue weighted by atomic mass is 10.1. The summed E-state index contributed by atoms with van der Waals surface area (Å²) in [5, 5.41) is 0. The molecule has 0 saturated heterocycles. The van der Waals surface area contributed by atoms with Crippen LogP contribution < -0.4 is 4.74 Å². The van der Waals surface area contributed by atoms with Crippen molar-refractivity contribution in [2.75, 3.05) is 13.2 Å². The third-order valence-electron chi connectivity index (χ3n) is 4.66.